The summed E-state index contributed by atoms with van der Waals surface area (Å²) in [5.41, 5.74) is 7.52. The number of nitrogens with zero attached hydrogens (tertiary/aromatic N) is 6. The highest BCUT2D eigenvalue weighted by molar-refractivity contribution is 5.86. The summed E-state index contributed by atoms with van der Waals surface area (Å²) in [7, 11) is 1.71. The quantitative estimate of drug-likeness (QED) is 0.418. The second-order valence-electron chi connectivity index (χ2n) is 8.60. The van der Waals surface area contributed by atoms with Crippen LogP contribution in [0.25, 0.3) is 16.9 Å². The number of benzene rings is 2. The maximum absolute atomic E-state index is 13.8. The van der Waals surface area contributed by atoms with Crippen molar-refractivity contribution in [2.75, 3.05) is 25.9 Å². The molecule has 10 heteroatoms. The zero-order valence-corrected chi connectivity index (χ0v) is 19.9. The Labute approximate surface area is 207 Å². The Morgan fingerprint density at radius 1 is 1.14 bits per heavy atom. The van der Waals surface area contributed by atoms with Crippen LogP contribution in [0.4, 0.5) is 5.82 Å². The molecule has 1 unspecified atom stereocenters. The fourth-order valence-electron chi connectivity index (χ4n) is 4.61. The lowest BCUT2D eigenvalue weighted by Crippen LogP contribution is -2.49. The minimum Gasteiger partial charge on any atom is -0.457 e. The number of hydrogen-bond donors (Lipinski definition) is 1. The van der Waals surface area contributed by atoms with Crippen molar-refractivity contribution in [2.45, 2.75) is 18.9 Å². The highest BCUT2D eigenvalue weighted by Crippen LogP contribution is 2.29. The SMILES string of the molecule is C=CC(=O)N(C)N1CCCC(n2c(=O)n(-c3ccc(Oc4ccccc4)cc3)c3c(N)ncnc32)C1. The Kier molecular flexibility index (Phi) is 6.26. The highest BCUT2D eigenvalue weighted by atomic mass is 16.5. The fraction of sp³-hybridized carbons (Fsp3) is 0.231. The molecule has 10 nitrogen and oxygen atoms in total. The maximum atomic E-state index is 13.8. The van der Waals surface area contributed by atoms with Gasteiger partial charge in [-0.25, -0.2) is 19.8 Å². The van der Waals surface area contributed by atoms with Gasteiger partial charge in [0.1, 0.15) is 23.3 Å². The second-order valence-corrected chi connectivity index (χ2v) is 8.60. The van der Waals surface area contributed by atoms with Crippen molar-refractivity contribution in [3.8, 4) is 17.2 Å². The zero-order chi connectivity index (χ0) is 25.2. The predicted octanol–water partition coefficient (Wildman–Crippen LogP) is 3.15. The Hall–Kier alpha value is -4.44. The minimum absolute atomic E-state index is 0.199. The van der Waals surface area contributed by atoms with Crippen LogP contribution in [0.3, 0.4) is 0 Å². The number of para-hydroxylation sites is 1. The number of fused-ring (bicyclic) bond motifs is 1. The number of hydrazine groups is 1. The number of carbonyl (C=O) groups excluding carboxylic acids is 1. The number of likely N-dealkylation sites (N-methyl/N-ethyl adjacent to an activating group) is 1. The third-order valence-corrected chi connectivity index (χ3v) is 6.41. The van der Waals surface area contributed by atoms with Crippen LogP contribution in [-0.2, 0) is 4.79 Å². The van der Waals surface area contributed by atoms with Crippen LogP contribution < -0.4 is 16.2 Å². The van der Waals surface area contributed by atoms with Crippen LogP contribution in [0.15, 0.2) is 78.4 Å². The van der Waals surface area contributed by atoms with Crippen LogP contribution in [0.2, 0.25) is 0 Å². The third kappa shape index (κ3) is 4.22. The van der Waals surface area contributed by atoms with E-state index in [-0.39, 0.29) is 23.5 Å². The summed E-state index contributed by atoms with van der Waals surface area (Å²) in [6.45, 7) is 4.75. The minimum atomic E-state index is -0.265. The molecule has 1 fully saturated rings. The molecule has 36 heavy (non-hydrogen) atoms. The molecular formula is C26H27N7O3. The lowest BCUT2D eigenvalue weighted by molar-refractivity contribution is -0.142. The molecule has 0 bridgehead atoms. The molecule has 2 aromatic heterocycles. The predicted molar refractivity (Wildman–Crippen MR) is 137 cm³/mol. The molecule has 4 aromatic rings. The second kappa shape index (κ2) is 9.67. The molecule has 184 valence electrons. The molecule has 2 aromatic carbocycles. The molecule has 0 radical (unpaired) electrons. The number of anilines is 1. The first kappa shape index (κ1) is 23.3. The van der Waals surface area contributed by atoms with Gasteiger partial charge in [-0.15, -0.1) is 0 Å². The number of ether oxygens (including phenoxy) is 1. The topological polar surface area (TPSA) is 112 Å². The number of imidazole rings is 1. The smallest absolute Gasteiger partial charge is 0.335 e. The normalized spacial score (nSPS) is 16.1. The van der Waals surface area contributed by atoms with Gasteiger partial charge in [-0.05, 0) is 55.3 Å². The van der Waals surface area contributed by atoms with Gasteiger partial charge < -0.3 is 10.5 Å². The number of hydrogen-bond acceptors (Lipinski definition) is 7. The fourth-order valence-corrected chi connectivity index (χ4v) is 4.61. The Balaban J connectivity index is 1.53. The van der Waals surface area contributed by atoms with Crippen molar-refractivity contribution >= 4 is 22.9 Å². The number of carbonyl (C=O) groups is 1. The van der Waals surface area contributed by atoms with Gasteiger partial charge in [-0.2, -0.15) is 0 Å². The van der Waals surface area contributed by atoms with Crippen LogP contribution in [0.5, 0.6) is 11.5 Å². The number of aromatic nitrogens is 4. The first-order valence-corrected chi connectivity index (χ1v) is 11.7. The third-order valence-electron chi connectivity index (χ3n) is 6.41. The summed E-state index contributed by atoms with van der Waals surface area (Å²) in [4.78, 5) is 34.6. The monoisotopic (exact) mass is 485 g/mol. The van der Waals surface area contributed by atoms with Gasteiger partial charge in [0.2, 0.25) is 0 Å². The molecule has 2 N–H and O–H groups in total. The van der Waals surface area contributed by atoms with E-state index in [2.05, 4.69) is 16.5 Å². The summed E-state index contributed by atoms with van der Waals surface area (Å²) in [6, 6.07) is 16.5. The molecule has 0 spiro atoms. The lowest BCUT2D eigenvalue weighted by Gasteiger charge is -2.38. The van der Waals surface area contributed by atoms with Crippen molar-refractivity contribution in [3.05, 3.63) is 84.1 Å². The van der Waals surface area contributed by atoms with Gasteiger partial charge in [-0.1, -0.05) is 24.8 Å². The number of rotatable bonds is 6. The molecule has 1 atom stereocenters. The molecule has 5 rings (SSSR count). The molecular weight excluding hydrogens is 458 g/mol. The van der Waals surface area contributed by atoms with Gasteiger partial charge in [0.25, 0.3) is 5.91 Å². The molecule has 1 saturated heterocycles. The van der Waals surface area contributed by atoms with E-state index in [0.717, 1.165) is 18.6 Å². The van der Waals surface area contributed by atoms with Gasteiger partial charge in [0.05, 0.1) is 11.7 Å². The van der Waals surface area contributed by atoms with Crippen LogP contribution >= 0.6 is 0 Å². The van der Waals surface area contributed by atoms with Crippen LogP contribution in [0.1, 0.15) is 18.9 Å². The van der Waals surface area contributed by atoms with Crippen molar-refractivity contribution in [3.63, 3.8) is 0 Å². The molecule has 0 aliphatic carbocycles. The molecule has 1 aliphatic rings. The molecule has 1 aliphatic heterocycles. The maximum Gasteiger partial charge on any atom is 0.335 e. The summed E-state index contributed by atoms with van der Waals surface area (Å²) >= 11 is 0. The van der Waals surface area contributed by atoms with Gasteiger partial charge >= 0.3 is 5.69 Å². The van der Waals surface area contributed by atoms with E-state index >= 15 is 0 Å². The molecule has 3 heterocycles. The lowest BCUT2D eigenvalue weighted by atomic mass is 10.1. The summed E-state index contributed by atoms with van der Waals surface area (Å²) in [6.07, 6.45) is 4.22. The van der Waals surface area contributed by atoms with Gasteiger partial charge in [0.15, 0.2) is 11.5 Å². The molecule has 0 saturated carbocycles. The average Bonchev–Trinajstić information content (AvgIpc) is 3.22. The van der Waals surface area contributed by atoms with E-state index in [1.165, 1.54) is 22.0 Å². The van der Waals surface area contributed by atoms with Crippen LogP contribution in [0, 0.1) is 0 Å². The van der Waals surface area contributed by atoms with E-state index in [4.69, 9.17) is 10.5 Å². The van der Waals surface area contributed by atoms with E-state index in [1.807, 2.05) is 35.3 Å². The van der Waals surface area contributed by atoms with Crippen molar-refractivity contribution in [2.24, 2.45) is 0 Å². The van der Waals surface area contributed by atoms with E-state index in [9.17, 15) is 9.59 Å². The molecule has 1 amide bonds. The van der Waals surface area contributed by atoms with Crippen LogP contribution in [-0.4, -0.2) is 55.2 Å². The average molecular weight is 486 g/mol. The van der Waals surface area contributed by atoms with E-state index < -0.39 is 0 Å². The Morgan fingerprint density at radius 3 is 2.58 bits per heavy atom. The summed E-state index contributed by atoms with van der Waals surface area (Å²) < 4.78 is 9.09. The first-order chi connectivity index (χ1) is 17.5. The van der Waals surface area contributed by atoms with Crippen molar-refractivity contribution < 1.29 is 9.53 Å². The van der Waals surface area contributed by atoms with Gasteiger partial charge in [-0.3, -0.25) is 18.9 Å². The van der Waals surface area contributed by atoms with E-state index in [0.29, 0.717) is 35.7 Å². The number of nitrogens with two attached hydrogens (primary N) is 1. The zero-order valence-electron chi connectivity index (χ0n) is 19.9. The highest BCUT2D eigenvalue weighted by Gasteiger charge is 2.30. The number of nitrogen functional groups attached to an aromatic ring is 1. The standard InChI is InChI=1S/C26H27N7O3/c1-3-22(34)30(2)31-15-7-8-19(16-31)33-25-23(24(27)28-17-29-25)32(26(33)35)18-11-13-21(14-12-18)36-20-9-5-4-6-10-20/h3-6,9-14,17,19H,1,7-8,15-16H2,2H3,(H2,27,28,29). The number of piperidine rings is 1. The Bertz CT molecular complexity index is 1460. The number of amides is 1. The van der Waals surface area contributed by atoms with Gasteiger partial charge in [0, 0.05) is 20.1 Å². The summed E-state index contributed by atoms with van der Waals surface area (Å²) in [5.74, 6) is 1.38. The van der Waals surface area contributed by atoms with E-state index in [1.54, 1.807) is 35.9 Å². The summed E-state index contributed by atoms with van der Waals surface area (Å²) in [5, 5.41) is 3.46. The Morgan fingerprint density at radius 2 is 1.86 bits per heavy atom. The van der Waals surface area contributed by atoms with Crippen molar-refractivity contribution in [1.29, 1.82) is 0 Å². The van der Waals surface area contributed by atoms with Crippen molar-refractivity contribution in [1.82, 2.24) is 29.1 Å². The largest absolute Gasteiger partial charge is 0.457 e. The first-order valence-electron chi connectivity index (χ1n) is 11.7.